The van der Waals surface area contributed by atoms with Crippen LogP contribution in [0.25, 0.3) is 0 Å². The van der Waals surface area contributed by atoms with Crippen molar-refractivity contribution in [2.45, 2.75) is 18.9 Å². The monoisotopic (exact) mass is 230 g/mol. The highest BCUT2D eigenvalue weighted by Crippen LogP contribution is 2.18. The number of hydrogen-bond acceptors (Lipinski definition) is 3. The summed E-state index contributed by atoms with van der Waals surface area (Å²) in [5.74, 6) is -0.139. The van der Waals surface area contributed by atoms with Crippen LogP contribution in [-0.4, -0.2) is 24.2 Å². The van der Waals surface area contributed by atoms with Gasteiger partial charge >= 0.3 is 0 Å². The van der Waals surface area contributed by atoms with Crippen molar-refractivity contribution in [3.8, 4) is 0 Å². The molecule has 1 fully saturated rings. The summed E-state index contributed by atoms with van der Waals surface area (Å²) < 4.78 is 18.6. The first-order chi connectivity index (χ1) is 7.25. The van der Waals surface area contributed by atoms with Crippen molar-refractivity contribution in [1.82, 2.24) is 4.98 Å². The molecule has 0 radical (unpaired) electrons. The molecule has 1 aliphatic heterocycles. The van der Waals surface area contributed by atoms with Crippen LogP contribution in [0, 0.1) is 5.82 Å². The SMILES string of the molecule is Fc1cc(Cl)cnc1NC1CCOCC1. The van der Waals surface area contributed by atoms with E-state index in [9.17, 15) is 4.39 Å². The highest BCUT2D eigenvalue weighted by molar-refractivity contribution is 6.30. The number of hydrogen-bond donors (Lipinski definition) is 1. The topological polar surface area (TPSA) is 34.2 Å². The Kier molecular flexibility index (Phi) is 3.38. The maximum Gasteiger partial charge on any atom is 0.166 e. The summed E-state index contributed by atoms with van der Waals surface area (Å²) >= 11 is 5.61. The third kappa shape index (κ3) is 2.79. The Morgan fingerprint density at radius 2 is 2.20 bits per heavy atom. The van der Waals surface area contributed by atoms with Crippen molar-refractivity contribution in [2.24, 2.45) is 0 Å². The van der Waals surface area contributed by atoms with E-state index in [4.69, 9.17) is 16.3 Å². The molecule has 2 rings (SSSR count). The molecular formula is C10H12ClFN2O. The lowest BCUT2D eigenvalue weighted by atomic mass is 10.1. The van der Waals surface area contributed by atoms with Crippen molar-refractivity contribution in [2.75, 3.05) is 18.5 Å². The molecule has 1 N–H and O–H groups in total. The fourth-order valence-electron chi connectivity index (χ4n) is 1.56. The van der Waals surface area contributed by atoms with Gasteiger partial charge in [0.25, 0.3) is 0 Å². The van der Waals surface area contributed by atoms with Crippen molar-refractivity contribution in [3.63, 3.8) is 0 Å². The summed E-state index contributed by atoms with van der Waals surface area (Å²) in [5, 5.41) is 3.36. The van der Waals surface area contributed by atoms with Gasteiger partial charge in [-0.1, -0.05) is 11.6 Å². The molecule has 1 aromatic rings. The molecule has 0 bridgehead atoms. The Morgan fingerprint density at radius 3 is 2.87 bits per heavy atom. The highest BCUT2D eigenvalue weighted by atomic mass is 35.5. The van der Waals surface area contributed by atoms with Gasteiger partial charge in [0.1, 0.15) is 0 Å². The minimum atomic E-state index is -0.408. The van der Waals surface area contributed by atoms with Crippen LogP contribution in [-0.2, 0) is 4.74 Å². The molecule has 0 spiro atoms. The Balaban J connectivity index is 2.03. The summed E-state index contributed by atoms with van der Waals surface area (Å²) in [4.78, 5) is 3.91. The average molecular weight is 231 g/mol. The van der Waals surface area contributed by atoms with E-state index >= 15 is 0 Å². The van der Waals surface area contributed by atoms with E-state index in [0.29, 0.717) is 18.2 Å². The second-order valence-electron chi connectivity index (χ2n) is 3.51. The van der Waals surface area contributed by atoms with Crippen molar-refractivity contribution in [1.29, 1.82) is 0 Å². The van der Waals surface area contributed by atoms with Gasteiger partial charge in [-0.3, -0.25) is 0 Å². The summed E-state index contributed by atoms with van der Waals surface area (Å²) in [6, 6.07) is 1.50. The van der Waals surface area contributed by atoms with E-state index in [1.807, 2.05) is 0 Å². The molecule has 3 nitrogen and oxygen atoms in total. The normalized spacial score (nSPS) is 17.7. The first-order valence-electron chi connectivity index (χ1n) is 4.91. The first-order valence-corrected chi connectivity index (χ1v) is 5.29. The molecule has 0 aliphatic carbocycles. The number of nitrogens with zero attached hydrogens (tertiary/aromatic N) is 1. The largest absolute Gasteiger partial charge is 0.381 e. The van der Waals surface area contributed by atoms with Crippen LogP contribution in [0.15, 0.2) is 12.3 Å². The lowest BCUT2D eigenvalue weighted by Gasteiger charge is -2.23. The van der Waals surface area contributed by atoms with Gasteiger partial charge < -0.3 is 10.1 Å². The highest BCUT2D eigenvalue weighted by Gasteiger charge is 2.15. The molecule has 82 valence electrons. The molecule has 2 heterocycles. The second-order valence-corrected chi connectivity index (χ2v) is 3.95. The molecule has 0 atom stereocenters. The first kappa shape index (κ1) is 10.6. The Hall–Kier alpha value is -0.870. The van der Waals surface area contributed by atoms with Crippen molar-refractivity contribution < 1.29 is 9.13 Å². The van der Waals surface area contributed by atoms with Crippen LogP contribution in [0.2, 0.25) is 5.02 Å². The summed E-state index contributed by atoms with van der Waals surface area (Å²) in [5.41, 5.74) is 0. The average Bonchev–Trinajstić information content (AvgIpc) is 2.24. The Labute approximate surface area is 92.6 Å². The number of anilines is 1. The standard InChI is InChI=1S/C10H12ClFN2O/c11-7-5-9(12)10(13-6-7)14-8-1-3-15-4-2-8/h5-6,8H,1-4H2,(H,13,14). The van der Waals surface area contributed by atoms with Gasteiger partial charge in [0, 0.05) is 25.5 Å². The third-order valence-electron chi connectivity index (χ3n) is 2.37. The van der Waals surface area contributed by atoms with Gasteiger partial charge in [0.05, 0.1) is 5.02 Å². The van der Waals surface area contributed by atoms with Crippen molar-refractivity contribution >= 4 is 17.4 Å². The minimum absolute atomic E-state index is 0.238. The van der Waals surface area contributed by atoms with Gasteiger partial charge in [-0.2, -0.15) is 0 Å². The molecule has 1 aliphatic rings. The number of rotatable bonds is 2. The molecule has 15 heavy (non-hydrogen) atoms. The van der Waals surface area contributed by atoms with E-state index in [-0.39, 0.29) is 11.9 Å². The zero-order valence-corrected chi connectivity index (χ0v) is 8.93. The molecule has 1 aromatic heterocycles. The molecule has 0 unspecified atom stereocenters. The van der Waals surface area contributed by atoms with Gasteiger partial charge in [0.2, 0.25) is 0 Å². The smallest absolute Gasteiger partial charge is 0.166 e. The minimum Gasteiger partial charge on any atom is -0.381 e. The number of aromatic nitrogens is 1. The number of ether oxygens (including phenoxy) is 1. The molecule has 5 heteroatoms. The summed E-state index contributed by atoms with van der Waals surface area (Å²) in [7, 11) is 0. The fourth-order valence-corrected chi connectivity index (χ4v) is 1.70. The fraction of sp³-hybridized carbons (Fsp3) is 0.500. The van der Waals surface area contributed by atoms with E-state index in [1.54, 1.807) is 0 Å². The van der Waals surface area contributed by atoms with E-state index in [1.165, 1.54) is 12.3 Å². The quantitative estimate of drug-likeness (QED) is 0.848. The summed E-state index contributed by atoms with van der Waals surface area (Å²) in [6.07, 6.45) is 3.19. The van der Waals surface area contributed by atoms with Crippen molar-refractivity contribution in [3.05, 3.63) is 23.1 Å². The lowest BCUT2D eigenvalue weighted by Crippen LogP contribution is -2.28. The maximum absolute atomic E-state index is 13.4. The van der Waals surface area contributed by atoms with Gasteiger partial charge in [0.15, 0.2) is 11.6 Å². The van der Waals surface area contributed by atoms with Gasteiger partial charge in [-0.25, -0.2) is 9.37 Å². The lowest BCUT2D eigenvalue weighted by molar-refractivity contribution is 0.0903. The number of pyridine rings is 1. The van der Waals surface area contributed by atoms with Crippen LogP contribution in [0.1, 0.15) is 12.8 Å². The summed E-state index contributed by atoms with van der Waals surface area (Å²) in [6.45, 7) is 1.43. The molecule has 0 amide bonds. The zero-order valence-electron chi connectivity index (χ0n) is 8.17. The third-order valence-corrected chi connectivity index (χ3v) is 2.58. The van der Waals surface area contributed by atoms with Crippen LogP contribution in [0.3, 0.4) is 0 Å². The second kappa shape index (κ2) is 4.77. The number of halogens is 2. The van der Waals surface area contributed by atoms with Crippen LogP contribution >= 0.6 is 11.6 Å². The predicted octanol–water partition coefficient (Wildman–Crippen LogP) is 2.47. The van der Waals surface area contributed by atoms with Gasteiger partial charge in [-0.15, -0.1) is 0 Å². The molecule has 0 saturated carbocycles. The van der Waals surface area contributed by atoms with Gasteiger partial charge in [-0.05, 0) is 18.9 Å². The zero-order chi connectivity index (χ0) is 10.7. The molecule has 1 saturated heterocycles. The molecule has 0 aromatic carbocycles. The maximum atomic E-state index is 13.4. The molecular weight excluding hydrogens is 219 g/mol. The Bertz CT molecular complexity index is 342. The predicted molar refractivity (Wildman–Crippen MR) is 56.7 cm³/mol. The van der Waals surface area contributed by atoms with E-state index < -0.39 is 5.82 Å². The van der Waals surface area contributed by atoms with Crippen LogP contribution in [0.4, 0.5) is 10.2 Å². The van der Waals surface area contributed by atoms with Crippen LogP contribution < -0.4 is 5.32 Å². The Morgan fingerprint density at radius 1 is 1.47 bits per heavy atom. The van der Waals surface area contributed by atoms with Crippen LogP contribution in [0.5, 0.6) is 0 Å². The number of nitrogens with one attached hydrogen (secondary N) is 1. The van der Waals surface area contributed by atoms with E-state index in [2.05, 4.69) is 10.3 Å². The van der Waals surface area contributed by atoms with E-state index in [0.717, 1.165) is 12.8 Å².